The highest BCUT2D eigenvalue weighted by molar-refractivity contribution is 6.31. The van der Waals surface area contributed by atoms with Crippen molar-refractivity contribution in [3.05, 3.63) is 35.0 Å². The van der Waals surface area contributed by atoms with E-state index < -0.39 is 0 Å². The minimum absolute atomic E-state index is 0.0678. The first kappa shape index (κ1) is 15.4. The van der Waals surface area contributed by atoms with Crippen LogP contribution in [0.15, 0.2) is 28.7 Å². The van der Waals surface area contributed by atoms with Crippen LogP contribution in [-0.2, 0) is 0 Å². The number of hydrogen-bond acceptors (Lipinski definition) is 3. The summed E-state index contributed by atoms with van der Waals surface area (Å²) in [5, 5.41) is 14.2. The van der Waals surface area contributed by atoms with Gasteiger partial charge in [-0.05, 0) is 43.0 Å². The van der Waals surface area contributed by atoms with E-state index in [1.165, 1.54) is 0 Å². The molecule has 2 rings (SSSR count). The molecule has 3 nitrogen and oxygen atoms in total. The highest BCUT2D eigenvalue weighted by Crippen LogP contribution is 2.27. The highest BCUT2D eigenvalue weighted by Gasteiger charge is 2.19. The van der Waals surface area contributed by atoms with Crippen molar-refractivity contribution in [2.75, 3.05) is 13.2 Å². The number of aliphatic hydroxyl groups is 1. The van der Waals surface area contributed by atoms with Crippen LogP contribution in [-0.4, -0.2) is 18.3 Å². The average molecular weight is 296 g/mol. The first-order valence-electron chi connectivity index (χ1n) is 6.94. The second kappa shape index (κ2) is 6.17. The van der Waals surface area contributed by atoms with Crippen LogP contribution in [0.4, 0.5) is 0 Å². The third kappa shape index (κ3) is 3.75. The molecule has 1 heterocycles. The van der Waals surface area contributed by atoms with Gasteiger partial charge in [0.2, 0.25) is 0 Å². The number of nitrogens with one attached hydrogen (secondary N) is 1. The third-order valence-electron chi connectivity index (χ3n) is 3.60. The van der Waals surface area contributed by atoms with Crippen molar-refractivity contribution in [2.45, 2.75) is 33.2 Å². The Hall–Kier alpha value is -1.03. The maximum atomic E-state index is 9.05. The Morgan fingerprint density at radius 3 is 2.80 bits per heavy atom. The van der Waals surface area contributed by atoms with Crippen molar-refractivity contribution >= 4 is 22.6 Å². The van der Waals surface area contributed by atoms with E-state index in [4.69, 9.17) is 21.1 Å². The largest absolute Gasteiger partial charge is 0.459 e. The Kier molecular flexibility index (Phi) is 4.74. The van der Waals surface area contributed by atoms with Gasteiger partial charge < -0.3 is 14.8 Å². The first-order chi connectivity index (χ1) is 9.41. The number of fused-ring (bicyclic) bond motifs is 1. The smallest absolute Gasteiger partial charge is 0.134 e. The molecule has 0 radical (unpaired) electrons. The molecule has 0 saturated heterocycles. The van der Waals surface area contributed by atoms with Gasteiger partial charge in [0, 0.05) is 23.6 Å². The monoisotopic (exact) mass is 295 g/mol. The second-order valence-electron chi connectivity index (χ2n) is 6.07. The Morgan fingerprint density at radius 1 is 1.35 bits per heavy atom. The van der Waals surface area contributed by atoms with Crippen LogP contribution in [0.3, 0.4) is 0 Å². The summed E-state index contributed by atoms with van der Waals surface area (Å²) in [5.74, 6) is 0.905. The zero-order chi connectivity index (χ0) is 14.8. The van der Waals surface area contributed by atoms with E-state index in [0.29, 0.717) is 0 Å². The topological polar surface area (TPSA) is 45.4 Å². The van der Waals surface area contributed by atoms with E-state index in [2.05, 4.69) is 26.1 Å². The quantitative estimate of drug-likeness (QED) is 0.841. The van der Waals surface area contributed by atoms with Crippen LogP contribution in [0.1, 0.15) is 39.0 Å². The lowest BCUT2D eigenvalue weighted by Crippen LogP contribution is -2.31. The summed E-state index contributed by atoms with van der Waals surface area (Å²) in [4.78, 5) is 0. The third-order valence-corrected chi connectivity index (χ3v) is 3.83. The summed E-state index contributed by atoms with van der Waals surface area (Å²) >= 11 is 5.98. The molecule has 0 fully saturated rings. The summed E-state index contributed by atoms with van der Waals surface area (Å²) in [6.07, 6.45) is 0.780. The zero-order valence-electron chi connectivity index (χ0n) is 12.2. The Labute approximate surface area is 124 Å². The number of halogens is 1. The molecule has 1 atom stereocenters. The fourth-order valence-corrected chi connectivity index (χ4v) is 2.35. The van der Waals surface area contributed by atoms with Crippen molar-refractivity contribution in [1.29, 1.82) is 0 Å². The zero-order valence-corrected chi connectivity index (χ0v) is 13.0. The molecule has 0 saturated carbocycles. The number of hydrogen-bond donors (Lipinski definition) is 2. The van der Waals surface area contributed by atoms with Gasteiger partial charge in [-0.3, -0.25) is 0 Å². The molecule has 2 aromatic rings. The number of aliphatic hydroxyl groups excluding tert-OH is 1. The molecule has 0 aliphatic rings. The molecule has 1 aromatic heterocycles. The standard InChI is InChI=1S/C16H22ClNO2/c1-11(18-10-16(2,3)6-7-19)15-9-12-8-13(17)4-5-14(12)20-15/h4-5,8-9,11,18-19H,6-7,10H2,1-3H3. The normalized spacial score (nSPS) is 13.8. The van der Waals surface area contributed by atoms with E-state index in [9.17, 15) is 0 Å². The van der Waals surface area contributed by atoms with Gasteiger partial charge in [-0.15, -0.1) is 0 Å². The molecule has 0 aliphatic carbocycles. The highest BCUT2D eigenvalue weighted by atomic mass is 35.5. The maximum absolute atomic E-state index is 9.05. The number of rotatable bonds is 6. The van der Waals surface area contributed by atoms with Gasteiger partial charge in [0.25, 0.3) is 0 Å². The van der Waals surface area contributed by atoms with Crippen molar-refractivity contribution in [3.8, 4) is 0 Å². The van der Waals surface area contributed by atoms with Crippen LogP contribution in [0.25, 0.3) is 11.0 Å². The Balaban J connectivity index is 2.05. The van der Waals surface area contributed by atoms with Crippen molar-refractivity contribution in [2.24, 2.45) is 5.41 Å². The van der Waals surface area contributed by atoms with Gasteiger partial charge in [0.1, 0.15) is 11.3 Å². The molecule has 20 heavy (non-hydrogen) atoms. The molecule has 1 aromatic carbocycles. The summed E-state index contributed by atoms with van der Waals surface area (Å²) < 4.78 is 5.84. The van der Waals surface area contributed by atoms with Crippen molar-refractivity contribution in [1.82, 2.24) is 5.32 Å². The van der Waals surface area contributed by atoms with E-state index in [0.717, 1.165) is 34.7 Å². The number of benzene rings is 1. The van der Waals surface area contributed by atoms with Crippen LogP contribution in [0.2, 0.25) is 5.02 Å². The summed E-state index contributed by atoms with van der Waals surface area (Å²) in [7, 11) is 0. The van der Waals surface area contributed by atoms with Gasteiger partial charge in [-0.2, -0.15) is 0 Å². The van der Waals surface area contributed by atoms with E-state index >= 15 is 0 Å². The van der Waals surface area contributed by atoms with E-state index in [1.807, 2.05) is 24.3 Å². The van der Waals surface area contributed by atoms with Gasteiger partial charge in [-0.1, -0.05) is 25.4 Å². The predicted octanol–water partition coefficient (Wildman–Crippen LogP) is 4.15. The number of furan rings is 1. The molecule has 4 heteroatoms. The van der Waals surface area contributed by atoms with Crippen LogP contribution in [0.5, 0.6) is 0 Å². The van der Waals surface area contributed by atoms with E-state index in [1.54, 1.807) is 0 Å². The summed E-state index contributed by atoms with van der Waals surface area (Å²) in [6, 6.07) is 7.78. The lowest BCUT2D eigenvalue weighted by atomic mass is 9.89. The van der Waals surface area contributed by atoms with Crippen LogP contribution >= 0.6 is 11.6 Å². The molecule has 0 spiro atoms. The van der Waals surface area contributed by atoms with Crippen LogP contribution in [0, 0.1) is 5.41 Å². The van der Waals surface area contributed by atoms with Gasteiger partial charge in [0.05, 0.1) is 6.04 Å². The second-order valence-corrected chi connectivity index (χ2v) is 6.51. The lowest BCUT2D eigenvalue weighted by Gasteiger charge is -2.25. The fourth-order valence-electron chi connectivity index (χ4n) is 2.17. The molecule has 110 valence electrons. The molecular formula is C16H22ClNO2. The van der Waals surface area contributed by atoms with Gasteiger partial charge >= 0.3 is 0 Å². The minimum Gasteiger partial charge on any atom is -0.459 e. The van der Waals surface area contributed by atoms with Crippen molar-refractivity contribution in [3.63, 3.8) is 0 Å². The molecule has 0 aliphatic heterocycles. The first-order valence-corrected chi connectivity index (χ1v) is 7.32. The minimum atomic E-state index is 0.0678. The Morgan fingerprint density at radius 2 is 2.10 bits per heavy atom. The molecule has 0 bridgehead atoms. The maximum Gasteiger partial charge on any atom is 0.134 e. The fraction of sp³-hybridized carbons (Fsp3) is 0.500. The molecule has 1 unspecified atom stereocenters. The van der Waals surface area contributed by atoms with Crippen molar-refractivity contribution < 1.29 is 9.52 Å². The molecule has 0 amide bonds. The average Bonchev–Trinajstić information content (AvgIpc) is 2.79. The summed E-state index contributed by atoms with van der Waals surface area (Å²) in [6.45, 7) is 7.40. The SMILES string of the molecule is CC(NCC(C)(C)CCO)c1cc2cc(Cl)ccc2o1. The Bertz CT molecular complexity index is 577. The van der Waals surface area contributed by atoms with Gasteiger partial charge in [0.15, 0.2) is 0 Å². The summed E-state index contributed by atoms with van der Waals surface area (Å²) in [5.41, 5.74) is 0.922. The van der Waals surface area contributed by atoms with Crippen LogP contribution < -0.4 is 5.32 Å². The lowest BCUT2D eigenvalue weighted by molar-refractivity contribution is 0.202. The predicted molar refractivity (Wildman–Crippen MR) is 83.1 cm³/mol. The molecule has 2 N–H and O–H groups in total. The van der Waals surface area contributed by atoms with E-state index in [-0.39, 0.29) is 18.1 Å². The van der Waals surface area contributed by atoms with Gasteiger partial charge in [-0.25, -0.2) is 0 Å². The molecular weight excluding hydrogens is 274 g/mol.